The van der Waals surface area contributed by atoms with Crippen molar-refractivity contribution in [1.82, 2.24) is 4.90 Å². The fourth-order valence-corrected chi connectivity index (χ4v) is 5.08. The van der Waals surface area contributed by atoms with Gasteiger partial charge in [0.1, 0.15) is 0 Å². The van der Waals surface area contributed by atoms with Gasteiger partial charge in [0.2, 0.25) is 0 Å². The van der Waals surface area contributed by atoms with Gasteiger partial charge in [-0.05, 0) is 60.7 Å². The number of hydrogen-bond acceptors (Lipinski definition) is 5. The molecule has 144 valence electrons. The fraction of sp³-hybridized carbons (Fsp3) is 0.227. The van der Waals surface area contributed by atoms with Crippen molar-refractivity contribution in [2.24, 2.45) is 4.99 Å². The van der Waals surface area contributed by atoms with E-state index < -0.39 is 0 Å². The Morgan fingerprint density at radius 1 is 1.04 bits per heavy atom. The molecule has 0 aromatic heterocycles. The first kappa shape index (κ1) is 19.2. The van der Waals surface area contributed by atoms with Crippen molar-refractivity contribution in [3.8, 4) is 11.5 Å². The summed E-state index contributed by atoms with van der Waals surface area (Å²) in [6.07, 6.45) is 2.21. The zero-order chi connectivity index (χ0) is 19.8. The number of allylic oxidation sites excluding steroid dienone is 1. The molecular weight excluding hydrogens is 436 g/mol. The molecule has 0 aliphatic carbocycles. The SMILES string of the molecule is COc1ccc(C2=CC(c3ccc(C)cc3Br)N3C(C)=CSC3=N2)cc1OC. The summed E-state index contributed by atoms with van der Waals surface area (Å²) in [7, 11) is 3.29. The normalized spacial score (nSPS) is 18.2. The van der Waals surface area contributed by atoms with Gasteiger partial charge in [0, 0.05) is 15.7 Å². The van der Waals surface area contributed by atoms with Crippen LogP contribution in [-0.4, -0.2) is 24.3 Å². The monoisotopic (exact) mass is 456 g/mol. The molecule has 0 N–H and O–H groups in total. The van der Waals surface area contributed by atoms with Gasteiger partial charge in [0.25, 0.3) is 0 Å². The second-order valence-electron chi connectivity index (χ2n) is 6.73. The van der Waals surface area contributed by atoms with E-state index in [2.05, 4.69) is 64.4 Å². The minimum Gasteiger partial charge on any atom is -0.493 e. The molecule has 4 rings (SSSR count). The lowest BCUT2D eigenvalue weighted by atomic mass is 9.99. The lowest BCUT2D eigenvalue weighted by Crippen LogP contribution is -2.30. The Balaban J connectivity index is 1.82. The predicted octanol–water partition coefficient (Wildman–Crippen LogP) is 6.14. The van der Waals surface area contributed by atoms with E-state index in [1.54, 1.807) is 26.0 Å². The highest BCUT2D eigenvalue weighted by molar-refractivity contribution is 9.10. The molecular formula is C22H21BrN2O2S. The Hall–Kier alpha value is -2.18. The maximum atomic E-state index is 5.48. The van der Waals surface area contributed by atoms with E-state index in [4.69, 9.17) is 14.5 Å². The summed E-state index contributed by atoms with van der Waals surface area (Å²) in [5.41, 5.74) is 5.58. The predicted molar refractivity (Wildman–Crippen MR) is 120 cm³/mol. The maximum absolute atomic E-state index is 5.48. The van der Waals surface area contributed by atoms with Crippen LogP contribution in [0.2, 0.25) is 0 Å². The van der Waals surface area contributed by atoms with Gasteiger partial charge in [0.05, 0.1) is 26.0 Å². The third-order valence-corrected chi connectivity index (χ3v) is 6.53. The fourth-order valence-electron chi connectivity index (χ4n) is 3.44. The average molecular weight is 457 g/mol. The molecule has 0 saturated carbocycles. The number of nitrogens with zero attached hydrogens (tertiary/aromatic N) is 2. The third-order valence-electron chi connectivity index (χ3n) is 4.88. The van der Waals surface area contributed by atoms with E-state index in [0.29, 0.717) is 11.5 Å². The van der Waals surface area contributed by atoms with Crippen LogP contribution in [0.4, 0.5) is 0 Å². The van der Waals surface area contributed by atoms with Crippen LogP contribution in [0, 0.1) is 6.92 Å². The summed E-state index contributed by atoms with van der Waals surface area (Å²) in [4.78, 5) is 7.20. The van der Waals surface area contributed by atoms with Crippen LogP contribution < -0.4 is 9.47 Å². The molecule has 1 unspecified atom stereocenters. The first-order chi connectivity index (χ1) is 13.5. The van der Waals surface area contributed by atoms with Gasteiger partial charge in [-0.2, -0.15) is 0 Å². The molecule has 28 heavy (non-hydrogen) atoms. The topological polar surface area (TPSA) is 34.1 Å². The number of amidine groups is 1. The maximum Gasteiger partial charge on any atom is 0.173 e. The lowest BCUT2D eigenvalue weighted by Gasteiger charge is -2.33. The summed E-state index contributed by atoms with van der Waals surface area (Å²) >= 11 is 5.42. The van der Waals surface area contributed by atoms with Gasteiger partial charge in [-0.1, -0.05) is 39.8 Å². The van der Waals surface area contributed by atoms with E-state index in [0.717, 1.165) is 20.9 Å². The van der Waals surface area contributed by atoms with E-state index >= 15 is 0 Å². The van der Waals surface area contributed by atoms with Crippen molar-refractivity contribution in [3.63, 3.8) is 0 Å². The molecule has 6 heteroatoms. The molecule has 2 aliphatic heterocycles. The lowest BCUT2D eigenvalue weighted by molar-refractivity contribution is 0.355. The molecule has 0 amide bonds. The van der Waals surface area contributed by atoms with Gasteiger partial charge in [-0.15, -0.1) is 0 Å². The summed E-state index contributed by atoms with van der Waals surface area (Å²) in [5.74, 6) is 1.41. The Bertz CT molecular complexity index is 1030. The molecule has 4 nitrogen and oxygen atoms in total. The second-order valence-corrected chi connectivity index (χ2v) is 8.42. The number of halogens is 1. The number of aliphatic imine (C=N–C) groups is 1. The highest BCUT2D eigenvalue weighted by Gasteiger charge is 2.32. The largest absolute Gasteiger partial charge is 0.493 e. The van der Waals surface area contributed by atoms with Crippen molar-refractivity contribution < 1.29 is 9.47 Å². The van der Waals surface area contributed by atoms with Crippen molar-refractivity contribution in [3.05, 3.63) is 74.7 Å². The standard InChI is InChI=1S/C22H21BrN2O2S/c1-13-5-7-16(17(23)9-13)19-11-18(24-22-25(19)14(2)12-28-22)15-6-8-20(26-3)21(10-15)27-4/h5-12,19H,1-4H3. The van der Waals surface area contributed by atoms with Crippen LogP contribution in [0.3, 0.4) is 0 Å². The van der Waals surface area contributed by atoms with Crippen LogP contribution in [0.1, 0.15) is 29.7 Å². The highest BCUT2D eigenvalue weighted by atomic mass is 79.9. The van der Waals surface area contributed by atoms with Crippen LogP contribution in [0.25, 0.3) is 5.70 Å². The number of benzene rings is 2. The Kier molecular flexibility index (Phi) is 5.25. The molecule has 2 aliphatic rings. The van der Waals surface area contributed by atoms with E-state index in [1.165, 1.54) is 16.8 Å². The minimum atomic E-state index is 0.0665. The second kappa shape index (κ2) is 7.68. The zero-order valence-electron chi connectivity index (χ0n) is 16.2. The van der Waals surface area contributed by atoms with Crippen LogP contribution in [-0.2, 0) is 0 Å². The van der Waals surface area contributed by atoms with Gasteiger partial charge in [-0.3, -0.25) is 0 Å². The number of hydrogen-bond donors (Lipinski definition) is 0. The number of fused-ring (bicyclic) bond motifs is 1. The number of methoxy groups -OCH3 is 2. The van der Waals surface area contributed by atoms with Gasteiger partial charge < -0.3 is 14.4 Å². The van der Waals surface area contributed by atoms with Crippen molar-refractivity contribution in [2.75, 3.05) is 14.2 Å². The average Bonchev–Trinajstić information content (AvgIpc) is 3.08. The zero-order valence-corrected chi connectivity index (χ0v) is 18.6. The summed E-state index contributed by atoms with van der Waals surface area (Å²) in [6.45, 7) is 4.23. The van der Waals surface area contributed by atoms with Crippen LogP contribution in [0.15, 0.2) is 63.0 Å². The van der Waals surface area contributed by atoms with Crippen LogP contribution in [0.5, 0.6) is 11.5 Å². The van der Waals surface area contributed by atoms with Crippen molar-refractivity contribution in [2.45, 2.75) is 19.9 Å². The van der Waals surface area contributed by atoms with E-state index in [-0.39, 0.29) is 6.04 Å². The van der Waals surface area contributed by atoms with Crippen LogP contribution >= 0.6 is 27.7 Å². The third kappa shape index (κ3) is 3.35. The molecule has 0 saturated heterocycles. The molecule has 0 bridgehead atoms. The van der Waals surface area contributed by atoms with E-state index in [1.807, 2.05) is 18.2 Å². The Labute approximate surface area is 178 Å². The summed E-state index contributed by atoms with van der Waals surface area (Å²) in [5, 5.41) is 3.14. The van der Waals surface area contributed by atoms with Gasteiger partial charge in [0.15, 0.2) is 16.7 Å². The smallest absolute Gasteiger partial charge is 0.173 e. The Morgan fingerprint density at radius 2 is 1.82 bits per heavy atom. The molecule has 2 heterocycles. The van der Waals surface area contributed by atoms with Crippen molar-refractivity contribution >= 4 is 38.6 Å². The number of aryl methyl sites for hydroxylation is 1. The number of rotatable bonds is 4. The molecule has 0 spiro atoms. The number of ether oxygens (including phenoxy) is 2. The van der Waals surface area contributed by atoms with Gasteiger partial charge >= 0.3 is 0 Å². The highest BCUT2D eigenvalue weighted by Crippen LogP contribution is 2.44. The quantitative estimate of drug-likeness (QED) is 0.553. The van der Waals surface area contributed by atoms with Gasteiger partial charge in [-0.25, -0.2) is 4.99 Å². The Morgan fingerprint density at radius 3 is 2.54 bits per heavy atom. The first-order valence-electron chi connectivity index (χ1n) is 8.93. The molecule has 2 aromatic rings. The first-order valence-corrected chi connectivity index (χ1v) is 10.6. The molecule has 2 aromatic carbocycles. The summed E-state index contributed by atoms with van der Waals surface area (Å²) in [6, 6.07) is 12.5. The number of thioether (sulfide) groups is 1. The molecule has 1 atom stereocenters. The van der Waals surface area contributed by atoms with E-state index in [9.17, 15) is 0 Å². The summed E-state index contributed by atoms with van der Waals surface area (Å²) < 4.78 is 12.0. The molecule has 0 fully saturated rings. The molecule has 0 radical (unpaired) electrons. The minimum absolute atomic E-state index is 0.0665. The van der Waals surface area contributed by atoms with Crippen molar-refractivity contribution in [1.29, 1.82) is 0 Å².